The topological polar surface area (TPSA) is 104 Å². The molecule has 0 unspecified atom stereocenters. The van der Waals surface area contributed by atoms with Crippen molar-refractivity contribution in [2.24, 2.45) is 5.10 Å². The number of halogens is 4. The zero-order valence-corrected chi connectivity index (χ0v) is 14.4. The van der Waals surface area contributed by atoms with Crippen LogP contribution in [0.2, 0.25) is 5.02 Å². The van der Waals surface area contributed by atoms with Gasteiger partial charge in [0.25, 0.3) is 0 Å². The Labute approximate surface area is 160 Å². The molecule has 142 valence electrons. The van der Waals surface area contributed by atoms with Crippen molar-refractivity contribution in [3.8, 4) is 17.6 Å². The van der Waals surface area contributed by atoms with Gasteiger partial charge < -0.3 is 8.94 Å². The fourth-order valence-electron chi connectivity index (χ4n) is 2.10. The molecule has 0 atom stereocenters. The molecule has 11 heteroatoms. The lowest BCUT2D eigenvalue weighted by molar-refractivity contribution is -0.137. The molecule has 2 aromatic heterocycles. The number of alkyl halides is 3. The lowest BCUT2D eigenvalue weighted by Gasteiger charge is -2.10. The van der Waals surface area contributed by atoms with Crippen LogP contribution in [0.25, 0.3) is 11.5 Å². The summed E-state index contributed by atoms with van der Waals surface area (Å²) >= 11 is 5.53. The molecule has 0 aliphatic rings. The number of anilines is 1. The van der Waals surface area contributed by atoms with Crippen LogP contribution < -0.4 is 5.43 Å². The maximum Gasteiger partial charge on any atom is 0.417 e. The Bertz CT molecular complexity index is 1080. The van der Waals surface area contributed by atoms with Crippen LogP contribution in [0, 0.1) is 11.3 Å². The number of furan rings is 1. The Morgan fingerprint density at radius 3 is 2.68 bits per heavy atom. The zero-order chi connectivity index (χ0) is 20.3. The highest BCUT2D eigenvalue weighted by molar-refractivity contribution is 6.51. The lowest BCUT2D eigenvalue weighted by Crippen LogP contribution is -2.14. The molecule has 0 aliphatic heterocycles. The fraction of sp³-hybridized carbons (Fsp3) is 0.0588. The van der Waals surface area contributed by atoms with E-state index in [0.717, 1.165) is 6.07 Å². The number of carbonyl (C=O) groups excluding carboxylic acids is 1. The summed E-state index contributed by atoms with van der Waals surface area (Å²) in [5.41, 5.74) is 0.170. The first-order valence-electron chi connectivity index (χ1n) is 7.45. The molecular weight excluding hydrogens is 401 g/mol. The summed E-state index contributed by atoms with van der Waals surface area (Å²) in [6, 6.07) is 8.92. The van der Waals surface area contributed by atoms with Crippen molar-refractivity contribution in [2.45, 2.75) is 6.18 Å². The van der Waals surface area contributed by atoms with E-state index >= 15 is 0 Å². The van der Waals surface area contributed by atoms with Crippen molar-refractivity contribution in [2.75, 3.05) is 5.43 Å². The highest BCUT2D eigenvalue weighted by Gasteiger charge is 2.33. The SMILES string of the molecule is N#C/C(=N\Nc1ccc(Cl)c(C(F)(F)F)c1)C(=O)c1cc(-c2ccco2)on1. The normalized spacial score (nSPS) is 11.9. The first-order valence-corrected chi connectivity index (χ1v) is 7.83. The fourth-order valence-corrected chi connectivity index (χ4v) is 2.32. The first-order chi connectivity index (χ1) is 13.3. The number of nitriles is 1. The van der Waals surface area contributed by atoms with E-state index in [2.05, 4.69) is 15.7 Å². The molecule has 1 aromatic carbocycles. The van der Waals surface area contributed by atoms with E-state index < -0.39 is 28.3 Å². The smallest absolute Gasteiger partial charge is 0.417 e. The quantitative estimate of drug-likeness (QED) is 0.370. The van der Waals surface area contributed by atoms with Crippen molar-refractivity contribution in [3.63, 3.8) is 0 Å². The number of ketones is 1. The molecule has 2 heterocycles. The Kier molecular flexibility index (Phi) is 5.19. The third kappa shape index (κ3) is 4.05. The van der Waals surface area contributed by atoms with Gasteiger partial charge >= 0.3 is 6.18 Å². The number of carbonyl (C=O) groups is 1. The maximum atomic E-state index is 12.9. The number of benzene rings is 1. The van der Waals surface area contributed by atoms with Crippen molar-refractivity contribution in [1.29, 1.82) is 5.26 Å². The number of Topliss-reactive ketones (excluding diaryl/α,β-unsaturated/α-hetero) is 1. The van der Waals surface area contributed by atoms with E-state index in [1.165, 1.54) is 18.4 Å². The van der Waals surface area contributed by atoms with Crippen molar-refractivity contribution in [3.05, 3.63) is 58.9 Å². The first kappa shape index (κ1) is 19.2. The minimum atomic E-state index is -4.67. The molecule has 3 aromatic rings. The third-order valence-electron chi connectivity index (χ3n) is 3.40. The molecule has 0 saturated heterocycles. The molecule has 0 aliphatic carbocycles. The molecule has 3 rings (SSSR count). The highest BCUT2D eigenvalue weighted by atomic mass is 35.5. The molecule has 0 fully saturated rings. The Morgan fingerprint density at radius 1 is 1.25 bits per heavy atom. The Morgan fingerprint density at radius 2 is 2.04 bits per heavy atom. The van der Waals surface area contributed by atoms with Gasteiger partial charge in [-0.25, -0.2) is 0 Å². The van der Waals surface area contributed by atoms with Gasteiger partial charge in [-0.2, -0.15) is 23.5 Å². The number of hydrogen-bond acceptors (Lipinski definition) is 7. The summed E-state index contributed by atoms with van der Waals surface area (Å²) in [7, 11) is 0. The summed E-state index contributed by atoms with van der Waals surface area (Å²) in [5, 5.41) is 15.7. The van der Waals surface area contributed by atoms with Gasteiger partial charge in [-0.15, -0.1) is 0 Å². The monoisotopic (exact) mass is 408 g/mol. The van der Waals surface area contributed by atoms with Crippen LogP contribution in [0.5, 0.6) is 0 Å². The second-order valence-electron chi connectivity index (χ2n) is 5.26. The van der Waals surface area contributed by atoms with Crippen molar-refractivity contribution < 1.29 is 26.9 Å². The number of nitrogens with zero attached hydrogens (tertiary/aromatic N) is 3. The second kappa shape index (κ2) is 7.58. The predicted octanol–water partition coefficient (Wildman–Crippen LogP) is 4.78. The van der Waals surface area contributed by atoms with Crippen LogP contribution in [0.15, 0.2) is 56.7 Å². The average molecular weight is 409 g/mol. The standard InChI is InChI=1S/C17H8ClF3N4O3/c18-11-4-3-9(6-10(11)17(19,20)21)23-24-13(8-22)16(26)12-7-15(28-25-12)14-2-1-5-27-14/h1-7,23H/b24-13+. The van der Waals surface area contributed by atoms with Gasteiger partial charge in [0.2, 0.25) is 17.3 Å². The van der Waals surface area contributed by atoms with Gasteiger partial charge in [0.05, 0.1) is 22.5 Å². The summed E-state index contributed by atoms with van der Waals surface area (Å²) in [5.74, 6) is -0.409. The lowest BCUT2D eigenvalue weighted by atomic mass is 10.2. The van der Waals surface area contributed by atoms with Gasteiger partial charge in [-0.05, 0) is 30.3 Å². The highest BCUT2D eigenvalue weighted by Crippen LogP contribution is 2.36. The zero-order valence-electron chi connectivity index (χ0n) is 13.6. The second-order valence-corrected chi connectivity index (χ2v) is 5.67. The Balaban J connectivity index is 1.81. The largest absolute Gasteiger partial charge is 0.461 e. The number of nitrogens with one attached hydrogen (secondary N) is 1. The number of rotatable bonds is 5. The average Bonchev–Trinajstić information content (AvgIpc) is 3.33. The minimum absolute atomic E-state index is 0.117. The van der Waals surface area contributed by atoms with Gasteiger partial charge in [0, 0.05) is 6.07 Å². The summed E-state index contributed by atoms with van der Waals surface area (Å²) in [6.45, 7) is 0. The van der Waals surface area contributed by atoms with E-state index in [-0.39, 0.29) is 17.1 Å². The van der Waals surface area contributed by atoms with E-state index in [4.69, 9.17) is 25.8 Å². The van der Waals surface area contributed by atoms with Crippen molar-refractivity contribution >= 4 is 28.8 Å². The molecule has 1 N–H and O–H groups in total. The summed E-state index contributed by atoms with van der Waals surface area (Å²) < 4.78 is 48.7. The van der Waals surface area contributed by atoms with Crippen LogP contribution >= 0.6 is 11.6 Å². The molecule has 28 heavy (non-hydrogen) atoms. The van der Waals surface area contributed by atoms with Crippen LogP contribution in [0.3, 0.4) is 0 Å². The van der Waals surface area contributed by atoms with Crippen LogP contribution in [-0.2, 0) is 6.18 Å². The van der Waals surface area contributed by atoms with Crippen LogP contribution in [0.1, 0.15) is 16.1 Å². The van der Waals surface area contributed by atoms with E-state index in [1.54, 1.807) is 18.2 Å². The molecule has 0 saturated carbocycles. The van der Waals surface area contributed by atoms with Gasteiger partial charge in [-0.1, -0.05) is 16.8 Å². The maximum absolute atomic E-state index is 12.9. The predicted molar refractivity (Wildman–Crippen MR) is 91.7 cm³/mol. The molecule has 0 spiro atoms. The van der Waals surface area contributed by atoms with Crippen LogP contribution in [-0.4, -0.2) is 16.7 Å². The van der Waals surface area contributed by atoms with E-state index in [9.17, 15) is 18.0 Å². The molecule has 7 nitrogen and oxygen atoms in total. The van der Waals surface area contributed by atoms with Gasteiger partial charge in [0.1, 0.15) is 6.07 Å². The molecular formula is C17H8ClF3N4O3. The molecule has 0 radical (unpaired) electrons. The van der Waals surface area contributed by atoms with Crippen LogP contribution in [0.4, 0.5) is 18.9 Å². The van der Waals surface area contributed by atoms with Crippen molar-refractivity contribution in [1.82, 2.24) is 5.16 Å². The Hall–Kier alpha value is -3.58. The number of hydrazone groups is 1. The molecule has 0 amide bonds. The summed E-state index contributed by atoms with van der Waals surface area (Å²) in [6.07, 6.45) is -3.28. The number of aromatic nitrogens is 1. The van der Waals surface area contributed by atoms with E-state index in [0.29, 0.717) is 11.8 Å². The van der Waals surface area contributed by atoms with Gasteiger partial charge in [0.15, 0.2) is 11.5 Å². The third-order valence-corrected chi connectivity index (χ3v) is 3.73. The number of hydrogen-bond donors (Lipinski definition) is 1. The van der Waals surface area contributed by atoms with E-state index in [1.807, 2.05) is 0 Å². The molecule has 0 bridgehead atoms. The summed E-state index contributed by atoms with van der Waals surface area (Å²) in [4.78, 5) is 12.3. The minimum Gasteiger partial charge on any atom is -0.461 e. The van der Waals surface area contributed by atoms with Gasteiger partial charge in [-0.3, -0.25) is 10.2 Å².